The third kappa shape index (κ3) is 2.77. The normalized spacial score (nSPS) is 26.7. The molecule has 2 amide bonds. The number of likely N-dealkylation sites (tertiary alicyclic amines) is 1. The lowest BCUT2D eigenvalue weighted by molar-refractivity contribution is -0.140. The van der Waals surface area contributed by atoms with E-state index in [2.05, 4.69) is 0 Å². The number of halogens is 1. The van der Waals surface area contributed by atoms with Gasteiger partial charge in [-0.2, -0.15) is 0 Å². The first-order chi connectivity index (χ1) is 14.5. The Kier molecular flexibility index (Phi) is 4.79. The molecule has 30 heavy (non-hydrogen) atoms. The van der Waals surface area contributed by atoms with Crippen molar-refractivity contribution < 1.29 is 14.4 Å². The molecule has 4 atom stereocenters. The number of unbranched alkanes of at least 4 members (excludes halogenated alkanes) is 1. The summed E-state index contributed by atoms with van der Waals surface area (Å²) in [6.07, 6.45) is 5.57. The van der Waals surface area contributed by atoms with Crippen LogP contribution in [0, 0.1) is 11.8 Å². The predicted octanol–water partition coefficient (Wildman–Crippen LogP) is 4.27. The van der Waals surface area contributed by atoms with Gasteiger partial charge in [0.1, 0.15) is 6.04 Å². The number of rotatable bonds is 5. The van der Waals surface area contributed by atoms with Crippen molar-refractivity contribution in [1.29, 1.82) is 0 Å². The number of anilines is 1. The highest BCUT2D eigenvalue weighted by Gasteiger charge is 2.63. The Labute approximate surface area is 183 Å². The van der Waals surface area contributed by atoms with Gasteiger partial charge in [0.2, 0.25) is 11.8 Å². The molecule has 3 aliphatic rings. The molecule has 0 spiro atoms. The molecule has 0 aliphatic carbocycles. The van der Waals surface area contributed by atoms with E-state index in [4.69, 9.17) is 11.6 Å². The summed E-state index contributed by atoms with van der Waals surface area (Å²) in [6.45, 7) is 2.45. The number of hydrogen-bond acceptors (Lipinski definition) is 5. The molecule has 4 heterocycles. The second-order valence-corrected chi connectivity index (χ2v) is 9.36. The highest BCUT2D eigenvalue weighted by atomic mass is 35.5. The van der Waals surface area contributed by atoms with Crippen LogP contribution in [0.2, 0.25) is 5.02 Å². The van der Waals surface area contributed by atoms with Crippen molar-refractivity contribution in [3.8, 4) is 0 Å². The van der Waals surface area contributed by atoms with E-state index in [1.807, 2.05) is 47.6 Å². The van der Waals surface area contributed by atoms with Gasteiger partial charge in [-0.15, -0.1) is 11.3 Å². The molecule has 1 aromatic heterocycles. The van der Waals surface area contributed by atoms with E-state index in [0.29, 0.717) is 16.4 Å². The standard InChI is InChI=1S/C23H21ClN2O3S/c1-2-3-10-25-22(28)18-16-8-6-13-12-14(24)7-9-15(13)26(16)20(19(18)23(25)29)21(27)17-5-4-11-30-17/h4-9,11-12,16,18-20H,2-3,10H2,1H3. The molecule has 1 aromatic carbocycles. The Bertz CT molecular complexity index is 1060. The highest BCUT2D eigenvalue weighted by molar-refractivity contribution is 7.12. The van der Waals surface area contributed by atoms with Gasteiger partial charge < -0.3 is 4.90 Å². The fourth-order valence-corrected chi connectivity index (χ4v) is 5.89. The zero-order chi connectivity index (χ0) is 21.0. The maximum atomic E-state index is 13.6. The number of imide groups is 1. The minimum Gasteiger partial charge on any atom is -0.352 e. The third-order valence-electron chi connectivity index (χ3n) is 6.33. The number of amides is 2. The number of ketones is 1. The topological polar surface area (TPSA) is 57.7 Å². The van der Waals surface area contributed by atoms with Gasteiger partial charge in [-0.1, -0.05) is 43.2 Å². The fourth-order valence-electron chi connectivity index (χ4n) is 5.01. The van der Waals surface area contributed by atoms with Gasteiger partial charge in [0, 0.05) is 17.3 Å². The number of Topliss-reactive ketones (excluding diaryl/α,β-unsaturated/α-hetero) is 1. The van der Waals surface area contributed by atoms with Crippen molar-refractivity contribution in [2.45, 2.75) is 31.8 Å². The minimum atomic E-state index is -0.702. The van der Waals surface area contributed by atoms with Gasteiger partial charge in [0.15, 0.2) is 5.78 Å². The molecule has 5 nitrogen and oxygen atoms in total. The zero-order valence-corrected chi connectivity index (χ0v) is 18.0. The van der Waals surface area contributed by atoms with Gasteiger partial charge in [-0.3, -0.25) is 19.3 Å². The first-order valence-electron chi connectivity index (χ1n) is 10.2. The molecule has 154 valence electrons. The first-order valence-corrected chi connectivity index (χ1v) is 11.5. The molecule has 2 aromatic rings. The third-order valence-corrected chi connectivity index (χ3v) is 7.45. The van der Waals surface area contributed by atoms with Crippen molar-refractivity contribution in [3.05, 3.63) is 57.3 Å². The fraction of sp³-hybridized carbons (Fsp3) is 0.348. The van der Waals surface area contributed by atoms with Crippen LogP contribution >= 0.6 is 22.9 Å². The van der Waals surface area contributed by atoms with E-state index in [0.717, 1.165) is 24.1 Å². The number of benzene rings is 1. The summed E-state index contributed by atoms with van der Waals surface area (Å²) < 4.78 is 0. The maximum absolute atomic E-state index is 13.6. The van der Waals surface area contributed by atoms with E-state index in [1.54, 1.807) is 12.1 Å². The van der Waals surface area contributed by atoms with Crippen molar-refractivity contribution in [1.82, 2.24) is 4.90 Å². The predicted molar refractivity (Wildman–Crippen MR) is 118 cm³/mol. The van der Waals surface area contributed by atoms with E-state index >= 15 is 0 Å². The number of hydrogen-bond donors (Lipinski definition) is 0. The number of thiophene rings is 1. The smallest absolute Gasteiger partial charge is 0.235 e. The van der Waals surface area contributed by atoms with Crippen LogP contribution in [0.4, 0.5) is 5.69 Å². The summed E-state index contributed by atoms with van der Waals surface area (Å²) in [5.74, 6) is -1.68. The minimum absolute atomic E-state index is 0.0998. The average molecular weight is 441 g/mol. The maximum Gasteiger partial charge on any atom is 0.235 e. The van der Waals surface area contributed by atoms with Gasteiger partial charge >= 0.3 is 0 Å². The van der Waals surface area contributed by atoms with Crippen LogP contribution in [-0.4, -0.2) is 41.1 Å². The summed E-state index contributed by atoms with van der Waals surface area (Å²) in [6, 6.07) is 8.12. The molecule has 3 aliphatic heterocycles. The summed E-state index contributed by atoms with van der Waals surface area (Å²) in [4.78, 5) is 44.2. The molecule has 2 saturated heterocycles. The molecular weight excluding hydrogens is 420 g/mol. The Balaban J connectivity index is 1.63. The summed E-state index contributed by atoms with van der Waals surface area (Å²) in [5, 5.41) is 2.46. The van der Waals surface area contributed by atoms with Crippen molar-refractivity contribution in [2.24, 2.45) is 11.8 Å². The number of nitrogens with zero attached hydrogens (tertiary/aromatic N) is 2. The Hall–Kier alpha value is -2.44. The lowest BCUT2D eigenvalue weighted by Crippen LogP contribution is -2.48. The van der Waals surface area contributed by atoms with Crippen LogP contribution in [0.5, 0.6) is 0 Å². The number of carbonyl (C=O) groups is 3. The SMILES string of the molecule is CCCCN1C(=O)C2C(C1=O)C(C(=O)c1cccs1)N1c3ccc(Cl)cc3C=CC21. The Morgan fingerprint density at radius 2 is 1.97 bits per heavy atom. The van der Waals surface area contributed by atoms with Crippen LogP contribution in [0.1, 0.15) is 35.0 Å². The Morgan fingerprint density at radius 1 is 1.17 bits per heavy atom. The summed E-state index contributed by atoms with van der Waals surface area (Å²) in [7, 11) is 0. The number of carbonyl (C=O) groups excluding carboxylic acids is 3. The van der Waals surface area contributed by atoms with Crippen molar-refractivity contribution >= 4 is 52.3 Å². The van der Waals surface area contributed by atoms with E-state index in [-0.39, 0.29) is 23.6 Å². The molecule has 4 unspecified atom stereocenters. The molecule has 7 heteroatoms. The lowest BCUT2D eigenvalue weighted by Gasteiger charge is -2.36. The largest absolute Gasteiger partial charge is 0.352 e. The van der Waals surface area contributed by atoms with Crippen LogP contribution in [0.15, 0.2) is 41.8 Å². The number of fused-ring (bicyclic) bond motifs is 5. The van der Waals surface area contributed by atoms with Crippen molar-refractivity contribution in [3.63, 3.8) is 0 Å². The average Bonchev–Trinajstić information content (AvgIpc) is 3.43. The van der Waals surface area contributed by atoms with Crippen LogP contribution in [-0.2, 0) is 9.59 Å². The molecule has 0 saturated carbocycles. The second kappa shape index (κ2) is 7.36. The molecule has 2 fully saturated rings. The second-order valence-electron chi connectivity index (χ2n) is 7.98. The van der Waals surface area contributed by atoms with Gasteiger partial charge in [-0.25, -0.2) is 0 Å². The summed E-state index contributed by atoms with van der Waals surface area (Å²) >= 11 is 7.54. The van der Waals surface area contributed by atoms with Crippen LogP contribution < -0.4 is 4.90 Å². The molecule has 0 N–H and O–H groups in total. The molecule has 5 rings (SSSR count). The molecule has 0 bridgehead atoms. The van der Waals surface area contributed by atoms with Gasteiger partial charge in [0.25, 0.3) is 0 Å². The van der Waals surface area contributed by atoms with E-state index < -0.39 is 17.9 Å². The first kappa shape index (κ1) is 19.5. The lowest BCUT2D eigenvalue weighted by atomic mass is 9.87. The van der Waals surface area contributed by atoms with Crippen LogP contribution in [0.25, 0.3) is 6.08 Å². The molecular formula is C23H21ClN2O3S. The molecule has 0 radical (unpaired) electrons. The monoisotopic (exact) mass is 440 g/mol. The van der Waals surface area contributed by atoms with Gasteiger partial charge in [0.05, 0.1) is 22.8 Å². The Morgan fingerprint density at radius 3 is 2.70 bits per heavy atom. The van der Waals surface area contributed by atoms with E-state index in [9.17, 15) is 14.4 Å². The van der Waals surface area contributed by atoms with E-state index in [1.165, 1.54) is 16.2 Å². The van der Waals surface area contributed by atoms with Crippen molar-refractivity contribution in [2.75, 3.05) is 11.4 Å². The zero-order valence-electron chi connectivity index (χ0n) is 16.5. The highest BCUT2D eigenvalue weighted by Crippen LogP contribution is 2.49. The van der Waals surface area contributed by atoms with Crippen LogP contribution in [0.3, 0.4) is 0 Å². The summed E-state index contributed by atoms with van der Waals surface area (Å²) in [5.41, 5.74) is 1.74. The quantitative estimate of drug-likeness (QED) is 0.514. The van der Waals surface area contributed by atoms with Gasteiger partial charge in [-0.05, 0) is 41.6 Å².